The van der Waals surface area contributed by atoms with Gasteiger partial charge in [-0.25, -0.2) is 0 Å². The Morgan fingerprint density at radius 2 is 1.73 bits per heavy atom. The van der Waals surface area contributed by atoms with Gasteiger partial charge in [-0.3, -0.25) is 9.59 Å². The van der Waals surface area contributed by atoms with E-state index in [4.69, 9.17) is 21.1 Å². The largest absolute Gasteiger partial charge is 0.493 e. The Kier molecular flexibility index (Phi) is 6.46. The monoisotopic (exact) mass is 376 g/mol. The van der Waals surface area contributed by atoms with Crippen LogP contribution in [0.25, 0.3) is 0 Å². The van der Waals surface area contributed by atoms with Crippen molar-refractivity contribution in [3.8, 4) is 11.5 Å². The van der Waals surface area contributed by atoms with E-state index in [0.717, 1.165) is 0 Å². The van der Waals surface area contributed by atoms with Gasteiger partial charge in [-0.2, -0.15) is 0 Å². The summed E-state index contributed by atoms with van der Waals surface area (Å²) in [5.74, 6) is 0.396. The fourth-order valence-electron chi connectivity index (χ4n) is 2.27. The van der Waals surface area contributed by atoms with E-state index in [9.17, 15) is 9.59 Å². The molecule has 0 heterocycles. The van der Waals surface area contributed by atoms with E-state index in [1.807, 2.05) is 13.8 Å². The first-order valence-electron chi connectivity index (χ1n) is 8.03. The van der Waals surface area contributed by atoms with Crippen LogP contribution in [0.4, 0.5) is 11.4 Å². The number of anilines is 2. The molecule has 0 saturated heterocycles. The number of hydrogen-bond donors (Lipinski definition) is 2. The Morgan fingerprint density at radius 1 is 1.00 bits per heavy atom. The normalized spacial score (nSPS) is 10.4. The molecule has 2 rings (SSSR count). The molecule has 0 spiro atoms. The van der Waals surface area contributed by atoms with Crippen molar-refractivity contribution >= 4 is 34.8 Å². The molecule has 2 aromatic carbocycles. The second-order valence-electron chi connectivity index (χ2n) is 5.86. The first-order valence-corrected chi connectivity index (χ1v) is 8.41. The lowest BCUT2D eigenvalue weighted by atomic mass is 10.1. The molecule has 138 valence electrons. The van der Waals surface area contributed by atoms with Crippen molar-refractivity contribution in [3.63, 3.8) is 0 Å². The second-order valence-corrected chi connectivity index (χ2v) is 6.29. The first kappa shape index (κ1) is 19.6. The van der Waals surface area contributed by atoms with Crippen molar-refractivity contribution in [2.45, 2.75) is 26.9 Å². The number of methoxy groups -OCH3 is 1. The van der Waals surface area contributed by atoms with Gasteiger partial charge in [0, 0.05) is 17.5 Å². The van der Waals surface area contributed by atoms with E-state index in [0.29, 0.717) is 33.5 Å². The number of hydrogen-bond acceptors (Lipinski definition) is 4. The van der Waals surface area contributed by atoms with Gasteiger partial charge in [0.2, 0.25) is 5.91 Å². The molecule has 0 aliphatic heterocycles. The molecule has 6 nitrogen and oxygen atoms in total. The number of carbonyl (C=O) groups is 2. The van der Waals surface area contributed by atoms with Gasteiger partial charge < -0.3 is 20.1 Å². The van der Waals surface area contributed by atoms with Gasteiger partial charge in [0.15, 0.2) is 11.5 Å². The summed E-state index contributed by atoms with van der Waals surface area (Å²) in [5, 5.41) is 5.84. The molecule has 0 fully saturated rings. The SMILES string of the molecule is COc1cc(C(=O)Nc2cc(Cl)ccc2NC(C)=O)ccc1OC(C)C. The Bertz CT molecular complexity index is 821. The van der Waals surface area contributed by atoms with Crippen LogP contribution in [0.2, 0.25) is 5.02 Å². The van der Waals surface area contributed by atoms with Gasteiger partial charge >= 0.3 is 0 Å². The summed E-state index contributed by atoms with van der Waals surface area (Å²) in [6, 6.07) is 9.73. The Hall–Kier alpha value is -2.73. The highest BCUT2D eigenvalue weighted by molar-refractivity contribution is 6.31. The van der Waals surface area contributed by atoms with E-state index in [-0.39, 0.29) is 17.9 Å². The fourth-order valence-corrected chi connectivity index (χ4v) is 2.45. The smallest absolute Gasteiger partial charge is 0.255 e. The number of amides is 2. The minimum absolute atomic E-state index is 0.0183. The highest BCUT2D eigenvalue weighted by atomic mass is 35.5. The molecule has 0 saturated carbocycles. The van der Waals surface area contributed by atoms with Crippen molar-refractivity contribution in [1.82, 2.24) is 0 Å². The summed E-state index contributed by atoms with van der Waals surface area (Å²) in [4.78, 5) is 23.9. The average molecular weight is 377 g/mol. The lowest BCUT2D eigenvalue weighted by Crippen LogP contribution is -2.15. The second kappa shape index (κ2) is 8.58. The van der Waals surface area contributed by atoms with Crippen LogP contribution in [0.5, 0.6) is 11.5 Å². The van der Waals surface area contributed by atoms with E-state index in [2.05, 4.69) is 10.6 Å². The standard InChI is InChI=1S/C19H21ClN2O4/c1-11(2)26-17-8-5-13(9-18(17)25-4)19(24)22-16-10-14(20)6-7-15(16)21-12(3)23/h5-11H,1-4H3,(H,21,23)(H,22,24). The van der Waals surface area contributed by atoms with Crippen LogP contribution in [0, 0.1) is 0 Å². The molecular formula is C19H21ClN2O4. The van der Waals surface area contributed by atoms with Crippen LogP contribution >= 0.6 is 11.6 Å². The zero-order valence-corrected chi connectivity index (χ0v) is 15.8. The zero-order chi connectivity index (χ0) is 19.3. The van der Waals surface area contributed by atoms with E-state index in [1.54, 1.807) is 36.4 Å². The van der Waals surface area contributed by atoms with Gasteiger partial charge in [-0.1, -0.05) is 11.6 Å². The van der Waals surface area contributed by atoms with Crippen LogP contribution in [-0.2, 0) is 4.79 Å². The quantitative estimate of drug-likeness (QED) is 0.785. The lowest BCUT2D eigenvalue weighted by Gasteiger charge is -2.15. The molecule has 0 radical (unpaired) electrons. The summed E-state index contributed by atoms with van der Waals surface area (Å²) in [6.07, 6.45) is -0.0183. The molecule has 0 aliphatic rings. The maximum absolute atomic E-state index is 12.6. The summed E-state index contributed by atoms with van der Waals surface area (Å²) in [5.41, 5.74) is 1.24. The third-order valence-electron chi connectivity index (χ3n) is 3.33. The molecule has 0 aliphatic carbocycles. The summed E-state index contributed by atoms with van der Waals surface area (Å²) < 4.78 is 10.9. The number of benzene rings is 2. The molecule has 0 bridgehead atoms. The van der Waals surface area contributed by atoms with Crippen molar-refractivity contribution < 1.29 is 19.1 Å². The minimum atomic E-state index is -0.367. The number of carbonyl (C=O) groups excluding carboxylic acids is 2. The molecule has 2 aromatic rings. The van der Waals surface area contributed by atoms with Crippen LogP contribution in [0.15, 0.2) is 36.4 Å². The Balaban J connectivity index is 2.27. The van der Waals surface area contributed by atoms with Crippen molar-refractivity contribution in [3.05, 3.63) is 47.0 Å². The lowest BCUT2D eigenvalue weighted by molar-refractivity contribution is -0.114. The topological polar surface area (TPSA) is 76.7 Å². The number of ether oxygens (including phenoxy) is 2. The third-order valence-corrected chi connectivity index (χ3v) is 3.56. The van der Waals surface area contributed by atoms with Gasteiger partial charge in [-0.15, -0.1) is 0 Å². The predicted octanol–water partition coefficient (Wildman–Crippen LogP) is 4.35. The highest BCUT2D eigenvalue weighted by Gasteiger charge is 2.14. The van der Waals surface area contributed by atoms with Crippen LogP contribution < -0.4 is 20.1 Å². The number of nitrogens with one attached hydrogen (secondary N) is 2. The van der Waals surface area contributed by atoms with Crippen molar-refractivity contribution in [2.24, 2.45) is 0 Å². The fraction of sp³-hybridized carbons (Fsp3) is 0.263. The zero-order valence-electron chi connectivity index (χ0n) is 15.1. The number of rotatable bonds is 6. The highest BCUT2D eigenvalue weighted by Crippen LogP contribution is 2.30. The molecular weight excluding hydrogens is 356 g/mol. The van der Waals surface area contributed by atoms with E-state index >= 15 is 0 Å². The predicted molar refractivity (Wildman–Crippen MR) is 102 cm³/mol. The summed E-state index contributed by atoms with van der Waals surface area (Å²) >= 11 is 6.00. The maximum atomic E-state index is 12.6. The van der Waals surface area contributed by atoms with Crippen molar-refractivity contribution in [1.29, 1.82) is 0 Å². The van der Waals surface area contributed by atoms with E-state index in [1.165, 1.54) is 14.0 Å². The van der Waals surface area contributed by atoms with Gasteiger partial charge in [0.1, 0.15) is 0 Å². The molecule has 2 amide bonds. The Morgan fingerprint density at radius 3 is 2.35 bits per heavy atom. The van der Waals surface area contributed by atoms with E-state index < -0.39 is 0 Å². The van der Waals surface area contributed by atoms with Crippen molar-refractivity contribution in [2.75, 3.05) is 17.7 Å². The first-order chi connectivity index (χ1) is 12.3. The van der Waals surface area contributed by atoms with Gasteiger partial charge in [0.25, 0.3) is 5.91 Å². The number of halogens is 1. The molecule has 26 heavy (non-hydrogen) atoms. The van der Waals surface area contributed by atoms with Crippen LogP contribution in [-0.4, -0.2) is 25.0 Å². The minimum Gasteiger partial charge on any atom is -0.493 e. The maximum Gasteiger partial charge on any atom is 0.255 e. The average Bonchev–Trinajstić information content (AvgIpc) is 2.56. The molecule has 2 N–H and O–H groups in total. The van der Waals surface area contributed by atoms with Crippen LogP contribution in [0.3, 0.4) is 0 Å². The molecule has 0 unspecified atom stereocenters. The molecule has 7 heteroatoms. The summed E-state index contributed by atoms with van der Waals surface area (Å²) in [7, 11) is 1.51. The molecule has 0 aromatic heterocycles. The molecule has 0 atom stereocenters. The Labute approximate surface area is 157 Å². The van der Waals surface area contributed by atoms with Crippen LogP contribution in [0.1, 0.15) is 31.1 Å². The van der Waals surface area contributed by atoms with Gasteiger partial charge in [0.05, 0.1) is 24.6 Å². The summed E-state index contributed by atoms with van der Waals surface area (Å²) in [6.45, 7) is 5.20. The van der Waals surface area contributed by atoms with Gasteiger partial charge in [-0.05, 0) is 50.2 Å². The third kappa shape index (κ3) is 5.13.